The van der Waals surface area contributed by atoms with Crippen LogP contribution in [0.4, 0.5) is 0 Å². The molecule has 2 heterocycles. The molecular weight excluding hydrogens is 258 g/mol. The molecule has 3 rings (SSSR count). The Kier molecular flexibility index (Phi) is 2.90. The summed E-state index contributed by atoms with van der Waals surface area (Å²) in [5.74, 6) is 1.50. The van der Waals surface area contributed by atoms with Gasteiger partial charge in [0.05, 0.1) is 25.4 Å². The number of H-pyrrole nitrogens is 2. The van der Waals surface area contributed by atoms with E-state index in [2.05, 4.69) is 15.0 Å². The van der Waals surface area contributed by atoms with Crippen molar-refractivity contribution in [3.8, 4) is 23.0 Å². The lowest BCUT2D eigenvalue weighted by Crippen LogP contribution is -2.11. The molecule has 0 aliphatic heterocycles. The second-order valence-corrected chi connectivity index (χ2v) is 4.22. The number of ether oxygens (including phenoxy) is 2. The minimum Gasteiger partial charge on any atom is -0.497 e. The molecule has 3 aromatic rings. The monoisotopic (exact) mass is 271 g/mol. The second kappa shape index (κ2) is 4.73. The Labute approximate surface area is 114 Å². The molecule has 1 aromatic carbocycles. The fourth-order valence-electron chi connectivity index (χ4n) is 2.10. The molecule has 6 heteroatoms. The van der Waals surface area contributed by atoms with E-state index in [1.807, 2.05) is 12.1 Å². The van der Waals surface area contributed by atoms with Gasteiger partial charge in [-0.2, -0.15) is 0 Å². The number of aromatic amines is 2. The molecule has 0 atom stereocenters. The first-order valence-electron chi connectivity index (χ1n) is 6.02. The highest BCUT2D eigenvalue weighted by molar-refractivity contribution is 5.87. The van der Waals surface area contributed by atoms with Crippen molar-refractivity contribution in [2.45, 2.75) is 0 Å². The summed E-state index contributed by atoms with van der Waals surface area (Å²) in [4.78, 5) is 22.4. The van der Waals surface area contributed by atoms with Crippen LogP contribution in [0.25, 0.3) is 22.4 Å². The predicted molar refractivity (Wildman–Crippen MR) is 75.3 cm³/mol. The maximum Gasteiger partial charge on any atom is 0.262 e. The molecule has 2 aromatic heterocycles. The molecular formula is C14H13N3O3. The van der Waals surface area contributed by atoms with Crippen LogP contribution in [0.1, 0.15) is 0 Å². The van der Waals surface area contributed by atoms with Crippen molar-refractivity contribution in [2.75, 3.05) is 14.2 Å². The Morgan fingerprint density at radius 1 is 1.20 bits per heavy atom. The molecule has 0 fully saturated rings. The smallest absolute Gasteiger partial charge is 0.262 e. The van der Waals surface area contributed by atoms with E-state index < -0.39 is 0 Å². The maximum atomic E-state index is 12.2. The van der Waals surface area contributed by atoms with Gasteiger partial charge in [0.25, 0.3) is 5.56 Å². The molecule has 102 valence electrons. The minimum atomic E-state index is -0.251. The summed E-state index contributed by atoms with van der Waals surface area (Å²) in [6.45, 7) is 0. The number of hydrogen-bond acceptors (Lipinski definition) is 4. The van der Waals surface area contributed by atoms with Crippen LogP contribution in [0.5, 0.6) is 11.5 Å². The van der Waals surface area contributed by atoms with Crippen LogP contribution in [0.15, 0.2) is 35.3 Å². The number of methoxy groups -OCH3 is 2. The van der Waals surface area contributed by atoms with Crippen molar-refractivity contribution >= 4 is 10.9 Å². The van der Waals surface area contributed by atoms with Gasteiger partial charge in [-0.25, -0.2) is 4.98 Å². The van der Waals surface area contributed by atoms with Crippen LogP contribution in [0.2, 0.25) is 0 Å². The summed E-state index contributed by atoms with van der Waals surface area (Å²) in [5, 5.41) is 0.406. The number of fused-ring (bicyclic) bond motifs is 1. The molecule has 6 nitrogen and oxygen atoms in total. The van der Waals surface area contributed by atoms with Crippen LogP contribution in [-0.4, -0.2) is 29.2 Å². The summed E-state index contributed by atoms with van der Waals surface area (Å²) < 4.78 is 10.4. The van der Waals surface area contributed by atoms with Gasteiger partial charge in [0.15, 0.2) is 5.82 Å². The first-order chi connectivity index (χ1) is 9.72. The highest BCUT2D eigenvalue weighted by atomic mass is 16.5. The third-order valence-electron chi connectivity index (χ3n) is 3.05. The largest absolute Gasteiger partial charge is 0.497 e. The van der Waals surface area contributed by atoms with Gasteiger partial charge in [-0.15, -0.1) is 0 Å². The van der Waals surface area contributed by atoms with E-state index in [1.165, 1.54) is 7.11 Å². The van der Waals surface area contributed by atoms with Gasteiger partial charge in [0.2, 0.25) is 0 Å². The number of benzene rings is 1. The van der Waals surface area contributed by atoms with Gasteiger partial charge >= 0.3 is 0 Å². The van der Waals surface area contributed by atoms with Crippen molar-refractivity contribution < 1.29 is 9.47 Å². The van der Waals surface area contributed by atoms with Crippen LogP contribution in [0, 0.1) is 0 Å². The summed E-state index contributed by atoms with van der Waals surface area (Å²) >= 11 is 0. The summed E-state index contributed by atoms with van der Waals surface area (Å²) in [6.07, 6.45) is 1.77. The maximum absolute atomic E-state index is 12.2. The number of nitrogens with zero attached hydrogens (tertiary/aromatic N) is 1. The van der Waals surface area contributed by atoms with Gasteiger partial charge < -0.3 is 19.4 Å². The van der Waals surface area contributed by atoms with Crippen LogP contribution < -0.4 is 15.0 Å². The SMILES string of the molecule is COc1cc(OC)c2c(=O)[nH]c(-c3ccc[nH]3)nc2c1. The molecule has 0 radical (unpaired) electrons. The third kappa shape index (κ3) is 1.91. The van der Waals surface area contributed by atoms with E-state index in [4.69, 9.17) is 9.47 Å². The lowest BCUT2D eigenvalue weighted by atomic mass is 10.2. The van der Waals surface area contributed by atoms with Gasteiger partial charge in [0.1, 0.15) is 16.9 Å². The van der Waals surface area contributed by atoms with E-state index in [-0.39, 0.29) is 5.56 Å². The average molecular weight is 271 g/mol. The van der Waals surface area contributed by atoms with Crippen molar-refractivity contribution in [1.82, 2.24) is 15.0 Å². The summed E-state index contributed by atoms with van der Waals surface area (Å²) in [5.41, 5.74) is 1.01. The fraction of sp³-hybridized carbons (Fsp3) is 0.143. The zero-order chi connectivity index (χ0) is 14.1. The van der Waals surface area contributed by atoms with Crippen molar-refractivity contribution in [3.05, 3.63) is 40.8 Å². The predicted octanol–water partition coefficient (Wildman–Crippen LogP) is 1.94. The normalized spacial score (nSPS) is 10.7. The van der Waals surface area contributed by atoms with Crippen molar-refractivity contribution in [1.29, 1.82) is 0 Å². The third-order valence-corrected chi connectivity index (χ3v) is 3.05. The molecule has 0 aliphatic carbocycles. The zero-order valence-corrected chi connectivity index (χ0v) is 11.1. The molecule has 0 spiro atoms. The number of rotatable bonds is 3. The molecule has 0 saturated heterocycles. The molecule has 2 N–H and O–H groups in total. The molecule has 0 saturated carbocycles. The quantitative estimate of drug-likeness (QED) is 0.762. The van der Waals surface area contributed by atoms with E-state index in [0.29, 0.717) is 28.2 Å². The van der Waals surface area contributed by atoms with Crippen LogP contribution >= 0.6 is 0 Å². The fourth-order valence-corrected chi connectivity index (χ4v) is 2.10. The van der Waals surface area contributed by atoms with Crippen LogP contribution in [0.3, 0.4) is 0 Å². The molecule has 0 amide bonds. The van der Waals surface area contributed by atoms with E-state index in [9.17, 15) is 4.79 Å². The molecule has 0 bridgehead atoms. The number of aromatic nitrogens is 3. The molecule has 0 unspecified atom stereocenters. The molecule has 0 aliphatic rings. The Morgan fingerprint density at radius 2 is 2.05 bits per heavy atom. The lowest BCUT2D eigenvalue weighted by Gasteiger charge is -2.08. The van der Waals surface area contributed by atoms with Gasteiger partial charge in [0, 0.05) is 18.3 Å². The first-order valence-corrected chi connectivity index (χ1v) is 6.02. The van der Waals surface area contributed by atoms with E-state index >= 15 is 0 Å². The molecule has 20 heavy (non-hydrogen) atoms. The lowest BCUT2D eigenvalue weighted by molar-refractivity contribution is 0.397. The second-order valence-electron chi connectivity index (χ2n) is 4.22. The van der Waals surface area contributed by atoms with E-state index in [0.717, 1.165) is 5.69 Å². The first kappa shape index (κ1) is 12.3. The van der Waals surface area contributed by atoms with Crippen molar-refractivity contribution in [3.63, 3.8) is 0 Å². The van der Waals surface area contributed by atoms with Crippen molar-refractivity contribution in [2.24, 2.45) is 0 Å². The van der Waals surface area contributed by atoms with Gasteiger partial charge in [-0.05, 0) is 12.1 Å². The summed E-state index contributed by atoms with van der Waals surface area (Å²) in [7, 11) is 3.06. The highest BCUT2D eigenvalue weighted by Gasteiger charge is 2.12. The Hall–Kier alpha value is -2.76. The van der Waals surface area contributed by atoms with Crippen LogP contribution in [-0.2, 0) is 0 Å². The average Bonchev–Trinajstić information content (AvgIpc) is 2.99. The summed E-state index contributed by atoms with van der Waals surface area (Å²) in [6, 6.07) is 7.04. The topological polar surface area (TPSA) is 80.0 Å². The van der Waals surface area contributed by atoms with E-state index in [1.54, 1.807) is 25.4 Å². The Morgan fingerprint density at radius 3 is 2.70 bits per heavy atom. The standard InChI is InChI=1S/C14H13N3O3/c1-19-8-6-10-12(11(7-8)20-2)14(18)17-13(16-10)9-4-3-5-15-9/h3-7,15H,1-2H3,(H,16,17,18). The highest BCUT2D eigenvalue weighted by Crippen LogP contribution is 2.28. The van der Waals surface area contributed by atoms with Gasteiger partial charge in [-0.3, -0.25) is 4.79 Å². The van der Waals surface area contributed by atoms with Gasteiger partial charge in [-0.1, -0.05) is 0 Å². The number of nitrogens with one attached hydrogen (secondary N) is 2. The Balaban J connectivity index is 2.33. The minimum absolute atomic E-state index is 0.251. The number of hydrogen-bond donors (Lipinski definition) is 2. The Bertz CT molecular complexity index is 806. The zero-order valence-electron chi connectivity index (χ0n) is 11.1.